The zero-order chi connectivity index (χ0) is 12.7. The lowest BCUT2D eigenvalue weighted by atomic mass is 10.0. The molecule has 1 aliphatic heterocycles. The van der Waals surface area contributed by atoms with Gasteiger partial charge in [-0.1, -0.05) is 33.1 Å². The number of hydrogen-bond acceptors (Lipinski definition) is 3. The van der Waals surface area contributed by atoms with Crippen LogP contribution < -0.4 is 5.32 Å². The van der Waals surface area contributed by atoms with Crippen LogP contribution in [-0.2, 0) is 14.3 Å². The molecule has 0 aromatic heterocycles. The first-order valence-corrected chi connectivity index (χ1v) is 6.63. The second-order valence-corrected chi connectivity index (χ2v) is 4.71. The smallest absolute Gasteiger partial charge is 0.328 e. The average molecular weight is 241 g/mol. The molecular formula is C13H23NO3. The van der Waals surface area contributed by atoms with Crippen molar-refractivity contribution < 1.29 is 14.3 Å². The van der Waals surface area contributed by atoms with E-state index in [2.05, 4.69) is 19.2 Å². The van der Waals surface area contributed by atoms with E-state index in [4.69, 9.17) is 4.74 Å². The Kier molecular flexibility index (Phi) is 6.01. The number of carbonyl (C=O) groups is 2. The molecule has 4 heteroatoms. The fraction of sp³-hybridized carbons (Fsp3) is 0.846. The summed E-state index contributed by atoms with van der Waals surface area (Å²) in [5.41, 5.74) is 0. The number of ether oxygens (including phenoxy) is 1. The van der Waals surface area contributed by atoms with Crippen molar-refractivity contribution in [2.24, 2.45) is 5.92 Å². The van der Waals surface area contributed by atoms with Gasteiger partial charge in [-0.25, -0.2) is 4.79 Å². The van der Waals surface area contributed by atoms with Gasteiger partial charge in [0.15, 0.2) is 0 Å². The third-order valence-corrected chi connectivity index (χ3v) is 3.28. The van der Waals surface area contributed by atoms with E-state index in [1.165, 1.54) is 12.8 Å². The van der Waals surface area contributed by atoms with Crippen LogP contribution in [0.25, 0.3) is 0 Å². The van der Waals surface area contributed by atoms with E-state index >= 15 is 0 Å². The zero-order valence-corrected chi connectivity index (χ0v) is 10.8. The van der Waals surface area contributed by atoms with Crippen LogP contribution in [0.15, 0.2) is 0 Å². The molecule has 0 spiro atoms. The number of amides is 1. The van der Waals surface area contributed by atoms with Crippen LogP contribution >= 0.6 is 0 Å². The summed E-state index contributed by atoms with van der Waals surface area (Å²) in [5, 5.41) is 2.63. The molecule has 1 saturated heterocycles. The molecule has 4 nitrogen and oxygen atoms in total. The Morgan fingerprint density at radius 1 is 1.53 bits per heavy atom. The summed E-state index contributed by atoms with van der Waals surface area (Å²) < 4.78 is 5.27. The highest BCUT2D eigenvalue weighted by Gasteiger charge is 2.28. The van der Waals surface area contributed by atoms with Gasteiger partial charge in [-0.05, 0) is 18.8 Å². The maximum atomic E-state index is 11.6. The highest BCUT2D eigenvalue weighted by molar-refractivity contribution is 5.87. The summed E-state index contributed by atoms with van der Waals surface area (Å²) in [6, 6.07) is -0.411. The van der Waals surface area contributed by atoms with Crippen LogP contribution in [0, 0.1) is 5.92 Å². The quantitative estimate of drug-likeness (QED) is 0.694. The van der Waals surface area contributed by atoms with Gasteiger partial charge in [-0.2, -0.15) is 0 Å². The minimum absolute atomic E-state index is 0.0509. The van der Waals surface area contributed by atoms with E-state index in [0.29, 0.717) is 25.4 Å². The minimum atomic E-state index is -0.411. The average Bonchev–Trinajstić information content (AvgIpc) is 2.76. The van der Waals surface area contributed by atoms with Crippen LogP contribution in [0.3, 0.4) is 0 Å². The Hall–Kier alpha value is -1.06. The summed E-state index contributed by atoms with van der Waals surface area (Å²) in [6.45, 7) is 4.76. The topological polar surface area (TPSA) is 55.4 Å². The molecule has 0 aromatic rings. The lowest BCUT2D eigenvalue weighted by molar-refractivity contribution is -0.148. The van der Waals surface area contributed by atoms with Crippen molar-refractivity contribution in [3.63, 3.8) is 0 Å². The molecule has 1 amide bonds. The molecule has 0 saturated carbocycles. The SMILES string of the molecule is CCCCC(CC)COC(=O)C1CCC(=O)N1. The van der Waals surface area contributed by atoms with E-state index in [-0.39, 0.29) is 11.9 Å². The Morgan fingerprint density at radius 2 is 2.29 bits per heavy atom. The monoisotopic (exact) mass is 241 g/mol. The van der Waals surface area contributed by atoms with E-state index in [1.54, 1.807) is 0 Å². The molecule has 1 aliphatic rings. The van der Waals surface area contributed by atoms with Crippen molar-refractivity contribution in [3.8, 4) is 0 Å². The van der Waals surface area contributed by atoms with Gasteiger partial charge in [0.2, 0.25) is 5.91 Å². The van der Waals surface area contributed by atoms with E-state index in [1.807, 2.05) is 0 Å². The third-order valence-electron chi connectivity index (χ3n) is 3.28. The van der Waals surface area contributed by atoms with E-state index in [9.17, 15) is 9.59 Å². The summed E-state index contributed by atoms with van der Waals surface area (Å²) in [4.78, 5) is 22.6. The molecule has 1 rings (SSSR count). The van der Waals surface area contributed by atoms with Crippen LogP contribution in [0.1, 0.15) is 52.4 Å². The molecule has 1 fully saturated rings. The number of unbranched alkanes of at least 4 members (excludes halogenated alkanes) is 1. The normalized spacial score (nSPS) is 21.1. The highest BCUT2D eigenvalue weighted by Crippen LogP contribution is 2.14. The molecule has 0 aromatic carbocycles. The van der Waals surface area contributed by atoms with Gasteiger partial charge in [-0.15, -0.1) is 0 Å². The van der Waals surface area contributed by atoms with Gasteiger partial charge >= 0.3 is 5.97 Å². The Morgan fingerprint density at radius 3 is 2.82 bits per heavy atom. The standard InChI is InChI=1S/C13H23NO3/c1-3-5-6-10(4-2)9-17-13(16)11-7-8-12(15)14-11/h10-11H,3-9H2,1-2H3,(H,14,15). The lowest BCUT2D eigenvalue weighted by Gasteiger charge is -2.16. The van der Waals surface area contributed by atoms with Crippen molar-refractivity contribution in [1.82, 2.24) is 5.32 Å². The first-order valence-electron chi connectivity index (χ1n) is 6.63. The Bertz CT molecular complexity index is 265. The summed E-state index contributed by atoms with van der Waals surface area (Å²) >= 11 is 0. The minimum Gasteiger partial charge on any atom is -0.464 e. The molecule has 17 heavy (non-hydrogen) atoms. The van der Waals surface area contributed by atoms with Gasteiger partial charge in [0, 0.05) is 6.42 Å². The van der Waals surface area contributed by atoms with Crippen molar-refractivity contribution in [3.05, 3.63) is 0 Å². The van der Waals surface area contributed by atoms with Crippen LogP contribution in [0.4, 0.5) is 0 Å². The van der Waals surface area contributed by atoms with Crippen molar-refractivity contribution in [2.45, 2.75) is 58.4 Å². The summed E-state index contributed by atoms with van der Waals surface area (Å²) in [5.74, 6) is 0.131. The zero-order valence-electron chi connectivity index (χ0n) is 10.8. The number of carbonyl (C=O) groups excluding carboxylic acids is 2. The highest BCUT2D eigenvalue weighted by atomic mass is 16.5. The maximum Gasteiger partial charge on any atom is 0.328 e. The summed E-state index contributed by atoms with van der Waals surface area (Å²) in [7, 11) is 0. The van der Waals surface area contributed by atoms with Gasteiger partial charge in [0.25, 0.3) is 0 Å². The largest absolute Gasteiger partial charge is 0.464 e. The summed E-state index contributed by atoms with van der Waals surface area (Å²) in [6.07, 6.45) is 5.50. The van der Waals surface area contributed by atoms with Gasteiger partial charge in [-0.3, -0.25) is 4.79 Å². The molecule has 2 unspecified atom stereocenters. The molecule has 1 N–H and O–H groups in total. The molecule has 0 radical (unpaired) electrons. The van der Waals surface area contributed by atoms with E-state index in [0.717, 1.165) is 12.8 Å². The van der Waals surface area contributed by atoms with Crippen LogP contribution in [0.5, 0.6) is 0 Å². The number of esters is 1. The van der Waals surface area contributed by atoms with Crippen molar-refractivity contribution in [2.75, 3.05) is 6.61 Å². The van der Waals surface area contributed by atoms with Crippen molar-refractivity contribution >= 4 is 11.9 Å². The molecule has 0 bridgehead atoms. The van der Waals surface area contributed by atoms with Gasteiger partial charge in [0.1, 0.15) is 6.04 Å². The number of rotatable bonds is 7. The number of nitrogens with one attached hydrogen (secondary N) is 1. The molecule has 98 valence electrons. The van der Waals surface area contributed by atoms with Crippen LogP contribution in [-0.4, -0.2) is 24.5 Å². The van der Waals surface area contributed by atoms with Gasteiger partial charge in [0.05, 0.1) is 6.61 Å². The predicted octanol–water partition coefficient (Wildman–Crippen LogP) is 2.02. The number of hydrogen-bond donors (Lipinski definition) is 1. The first kappa shape index (κ1) is 14.0. The predicted molar refractivity (Wildman–Crippen MR) is 65.4 cm³/mol. The van der Waals surface area contributed by atoms with Crippen LogP contribution in [0.2, 0.25) is 0 Å². The maximum absolute atomic E-state index is 11.6. The molecular weight excluding hydrogens is 218 g/mol. The third kappa shape index (κ3) is 4.75. The van der Waals surface area contributed by atoms with Gasteiger partial charge < -0.3 is 10.1 Å². The molecule has 0 aliphatic carbocycles. The molecule has 1 heterocycles. The first-order chi connectivity index (χ1) is 8.17. The second-order valence-electron chi connectivity index (χ2n) is 4.71. The molecule has 2 atom stereocenters. The Labute approximate surface area is 103 Å². The fourth-order valence-corrected chi connectivity index (χ4v) is 1.99. The Balaban J connectivity index is 2.23. The second kappa shape index (κ2) is 7.30. The lowest BCUT2D eigenvalue weighted by Crippen LogP contribution is -2.35. The fourth-order valence-electron chi connectivity index (χ4n) is 1.99. The van der Waals surface area contributed by atoms with Crippen molar-refractivity contribution in [1.29, 1.82) is 0 Å². The van der Waals surface area contributed by atoms with E-state index < -0.39 is 6.04 Å².